The van der Waals surface area contributed by atoms with Gasteiger partial charge < -0.3 is 4.74 Å². The largest absolute Gasteiger partial charge is 0.497 e. The Labute approximate surface area is 94.2 Å². The lowest BCUT2D eigenvalue weighted by Gasteiger charge is -2.12. The summed E-state index contributed by atoms with van der Waals surface area (Å²) in [5.41, 5.74) is 4.41. The Morgan fingerprint density at radius 1 is 1.31 bits per heavy atom. The number of ether oxygens (including phenoxy) is 1. The Kier molecular flexibility index (Phi) is 1.93. The first-order chi connectivity index (χ1) is 7.79. The number of hydrogen-bond donors (Lipinski definition) is 0. The van der Waals surface area contributed by atoms with Gasteiger partial charge in [0.25, 0.3) is 0 Å². The van der Waals surface area contributed by atoms with Gasteiger partial charge in [0.05, 0.1) is 24.6 Å². The number of aliphatic imine (C=N–C) groups is 2. The van der Waals surface area contributed by atoms with Gasteiger partial charge in [0.1, 0.15) is 5.75 Å². The molecule has 0 saturated heterocycles. The van der Waals surface area contributed by atoms with E-state index in [1.54, 1.807) is 7.11 Å². The number of nitrogens with zero attached hydrogens (tertiary/aromatic N) is 2. The molecule has 3 rings (SSSR count). The van der Waals surface area contributed by atoms with E-state index in [1.165, 1.54) is 11.1 Å². The van der Waals surface area contributed by atoms with Crippen molar-refractivity contribution in [2.75, 3.05) is 7.11 Å². The second kappa shape index (κ2) is 3.30. The van der Waals surface area contributed by atoms with Crippen LogP contribution >= 0.6 is 0 Å². The van der Waals surface area contributed by atoms with E-state index in [9.17, 15) is 0 Å². The molecule has 1 aromatic rings. The molecule has 0 radical (unpaired) electrons. The zero-order valence-electron chi connectivity index (χ0n) is 9.27. The van der Waals surface area contributed by atoms with Crippen LogP contribution in [0.5, 0.6) is 5.75 Å². The van der Waals surface area contributed by atoms with E-state index in [0.717, 1.165) is 17.1 Å². The zero-order valence-corrected chi connectivity index (χ0v) is 9.27. The number of fused-ring (bicyclic) bond motifs is 3. The number of hydrogen-bond acceptors (Lipinski definition) is 3. The molecule has 2 aliphatic rings. The van der Waals surface area contributed by atoms with Gasteiger partial charge in [0.15, 0.2) is 0 Å². The average Bonchev–Trinajstić information content (AvgIpc) is 2.68. The van der Waals surface area contributed by atoms with Crippen molar-refractivity contribution < 1.29 is 4.74 Å². The van der Waals surface area contributed by atoms with Gasteiger partial charge in [-0.1, -0.05) is 0 Å². The number of methoxy groups -OCH3 is 1. The van der Waals surface area contributed by atoms with Crippen LogP contribution < -0.4 is 4.74 Å². The van der Waals surface area contributed by atoms with Crippen molar-refractivity contribution in [1.29, 1.82) is 0 Å². The summed E-state index contributed by atoms with van der Waals surface area (Å²) < 4.78 is 5.20. The number of rotatable bonds is 1. The summed E-state index contributed by atoms with van der Waals surface area (Å²) in [6.45, 7) is 2.06. The molecule has 0 N–H and O–H groups in total. The highest BCUT2D eigenvalue weighted by molar-refractivity contribution is 6.34. The molecule has 0 amide bonds. The lowest BCUT2D eigenvalue weighted by molar-refractivity contribution is 0.415. The molecule has 0 fully saturated rings. The average molecular weight is 212 g/mol. The van der Waals surface area contributed by atoms with E-state index in [1.807, 2.05) is 24.4 Å². The number of benzene rings is 1. The van der Waals surface area contributed by atoms with Crippen LogP contribution in [-0.2, 0) is 0 Å². The molecule has 1 aromatic carbocycles. The van der Waals surface area contributed by atoms with Gasteiger partial charge in [-0.25, -0.2) is 4.99 Å². The van der Waals surface area contributed by atoms with Gasteiger partial charge in [-0.05, 0) is 25.1 Å². The van der Waals surface area contributed by atoms with E-state index in [0.29, 0.717) is 0 Å². The molecule has 16 heavy (non-hydrogen) atoms. The minimum Gasteiger partial charge on any atom is -0.497 e. The highest BCUT2D eigenvalue weighted by Gasteiger charge is 2.26. The molecule has 0 aromatic heterocycles. The van der Waals surface area contributed by atoms with Crippen LogP contribution in [0.15, 0.2) is 34.3 Å². The molecule has 3 nitrogen and oxygen atoms in total. The quantitative estimate of drug-likeness (QED) is 0.704. The second-order valence-electron chi connectivity index (χ2n) is 3.93. The molecule has 0 saturated carbocycles. The Balaban J connectivity index is 2.16. The zero-order chi connectivity index (χ0) is 11.1. The summed E-state index contributed by atoms with van der Waals surface area (Å²) in [5, 5.41) is 0. The topological polar surface area (TPSA) is 34.0 Å². The van der Waals surface area contributed by atoms with Crippen LogP contribution in [0.25, 0.3) is 5.57 Å². The number of dihydropyridines is 1. The van der Waals surface area contributed by atoms with Gasteiger partial charge in [0, 0.05) is 23.4 Å². The maximum atomic E-state index is 5.20. The van der Waals surface area contributed by atoms with E-state index in [2.05, 4.69) is 23.0 Å². The smallest absolute Gasteiger partial charge is 0.121 e. The summed E-state index contributed by atoms with van der Waals surface area (Å²) in [5.74, 6) is 0.843. The van der Waals surface area contributed by atoms with Crippen molar-refractivity contribution in [2.45, 2.75) is 13.0 Å². The monoisotopic (exact) mass is 212 g/mol. The van der Waals surface area contributed by atoms with Crippen LogP contribution in [-0.4, -0.2) is 25.1 Å². The maximum Gasteiger partial charge on any atom is 0.121 e. The third kappa shape index (κ3) is 1.21. The van der Waals surface area contributed by atoms with E-state index in [4.69, 9.17) is 4.74 Å². The Hall–Kier alpha value is -1.90. The molecule has 1 atom stereocenters. The summed E-state index contributed by atoms with van der Waals surface area (Å²) in [7, 11) is 1.67. The van der Waals surface area contributed by atoms with Crippen molar-refractivity contribution in [2.24, 2.45) is 9.98 Å². The Morgan fingerprint density at radius 3 is 3.00 bits per heavy atom. The molecule has 0 bridgehead atoms. The molecular formula is C13H12N2O. The first-order valence-electron chi connectivity index (χ1n) is 5.30. The fourth-order valence-electron chi connectivity index (χ4n) is 2.10. The van der Waals surface area contributed by atoms with Crippen LogP contribution in [0.1, 0.15) is 12.5 Å². The van der Waals surface area contributed by atoms with Crippen molar-refractivity contribution >= 4 is 23.2 Å². The minimum atomic E-state index is 0.151. The third-order valence-electron chi connectivity index (χ3n) is 2.96. The summed E-state index contributed by atoms with van der Waals surface area (Å²) >= 11 is 0. The molecule has 3 heteroatoms. The van der Waals surface area contributed by atoms with Crippen molar-refractivity contribution in [3.63, 3.8) is 0 Å². The van der Waals surface area contributed by atoms with Crippen molar-refractivity contribution in [3.8, 4) is 5.75 Å². The first kappa shape index (κ1) is 9.33. The maximum absolute atomic E-state index is 5.20. The molecule has 1 unspecified atom stereocenters. The second-order valence-corrected chi connectivity index (χ2v) is 3.93. The van der Waals surface area contributed by atoms with Crippen LogP contribution in [0, 0.1) is 0 Å². The van der Waals surface area contributed by atoms with Crippen molar-refractivity contribution in [3.05, 3.63) is 29.8 Å². The SMILES string of the molecule is COc1ccc2c(c1)N=C1C2=CC=NC1C. The summed E-state index contributed by atoms with van der Waals surface area (Å²) in [6, 6.07) is 6.14. The predicted molar refractivity (Wildman–Crippen MR) is 66.0 cm³/mol. The molecular weight excluding hydrogens is 200 g/mol. The molecule has 0 spiro atoms. The molecule has 80 valence electrons. The highest BCUT2D eigenvalue weighted by Crippen LogP contribution is 2.39. The highest BCUT2D eigenvalue weighted by atomic mass is 16.5. The summed E-state index contributed by atoms with van der Waals surface area (Å²) in [4.78, 5) is 8.95. The Bertz CT molecular complexity index is 541. The fraction of sp³-hybridized carbons (Fsp3) is 0.231. The molecule has 2 aliphatic heterocycles. The van der Waals surface area contributed by atoms with Crippen molar-refractivity contribution in [1.82, 2.24) is 0 Å². The minimum absolute atomic E-state index is 0.151. The lowest BCUT2D eigenvalue weighted by Crippen LogP contribution is -2.17. The van der Waals surface area contributed by atoms with Gasteiger partial charge in [-0.3, -0.25) is 4.99 Å². The first-order valence-corrected chi connectivity index (χ1v) is 5.30. The van der Waals surface area contributed by atoms with Gasteiger partial charge in [-0.2, -0.15) is 0 Å². The lowest BCUT2D eigenvalue weighted by atomic mass is 9.97. The van der Waals surface area contributed by atoms with E-state index < -0.39 is 0 Å². The predicted octanol–water partition coefficient (Wildman–Crippen LogP) is 2.64. The molecule has 2 heterocycles. The third-order valence-corrected chi connectivity index (χ3v) is 2.96. The fourth-order valence-corrected chi connectivity index (χ4v) is 2.10. The summed E-state index contributed by atoms with van der Waals surface area (Å²) in [6.07, 6.45) is 3.88. The van der Waals surface area contributed by atoms with Crippen LogP contribution in [0.3, 0.4) is 0 Å². The van der Waals surface area contributed by atoms with Crippen LogP contribution in [0.4, 0.5) is 5.69 Å². The van der Waals surface area contributed by atoms with Gasteiger partial charge in [-0.15, -0.1) is 0 Å². The Morgan fingerprint density at radius 2 is 2.19 bits per heavy atom. The molecule has 0 aliphatic carbocycles. The van der Waals surface area contributed by atoms with E-state index in [-0.39, 0.29) is 6.04 Å². The normalized spacial score (nSPS) is 21.0. The van der Waals surface area contributed by atoms with Gasteiger partial charge in [0.2, 0.25) is 0 Å². The van der Waals surface area contributed by atoms with E-state index >= 15 is 0 Å². The van der Waals surface area contributed by atoms with Gasteiger partial charge >= 0.3 is 0 Å². The number of allylic oxidation sites excluding steroid dienone is 1. The van der Waals surface area contributed by atoms with Crippen LogP contribution in [0.2, 0.25) is 0 Å². The standard InChI is InChI=1S/C13H12N2O/c1-8-13-11(5-6-14-8)10-4-3-9(16-2)7-12(10)15-13/h3-8H,1-2H3.